The van der Waals surface area contributed by atoms with Crippen LogP contribution in [0.25, 0.3) is 16.9 Å². The van der Waals surface area contributed by atoms with Crippen molar-refractivity contribution < 1.29 is 4.39 Å². The second-order valence-corrected chi connectivity index (χ2v) is 4.69. The van der Waals surface area contributed by atoms with Crippen molar-refractivity contribution in [1.82, 2.24) is 9.38 Å². The molecule has 2 aromatic heterocycles. The molecule has 2 heterocycles. The first kappa shape index (κ1) is 11.5. The number of hydrogen-bond donors (Lipinski definition) is 0. The maximum Gasteiger partial charge on any atom is 0.156 e. The molecule has 5 heteroatoms. The molecular formula is C13H7Cl2FN2. The summed E-state index contributed by atoms with van der Waals surface area (Å²) in [5.74, 6) is -0.317. The molecule has 0 spiro atoms. The van der Waals surface area contributed by atoms with Gasteiger partial charge < -0.3 is 4.40 Å². The Balaban J connectivity index is 2.26. The molecule has 3 rings (SSSR count). The van der Waals surface area contributed by atoms with Crippen molar-refractivity contribution in [2.24, 2.45) is 0 Å². The molecule has 0 amide bonds. The molecule has 0 N–H and O–H groups in total. The van der Waals surface area contributed by atoms with Crippen LogP contribution in [0.3, 0.4) is 0 Å². The topological polar surface area (TPSA) is 17.3 Å². The van der Waals surface area contributed by atoms with E-state index in [-0.39, 0.29) is 5.82 Å². The van der Waals surface area contributed by atoms with Crippen LogP contribution in [0.2, 0.25) is 10.0 Å². The predicted molar refractivity (Wildman–Crippen MR) is 70.6 cm³/mol. The van der Waals surface area contributed by atoms with E-state index >= 15 is 0 Å². The molecule has 0 atom stereocenters. The summed E-state index contributed by atoms with van der Waals surface area (Å²) < 4.78 is 15.4. The zero-order valence-electron chi connectivity index (χ0n) is 9.07. The number of nitrogens with zero attached hydrogens (tertiary/aromatic N) is 2. The molecule has 0 radical (unpaired) electrons. The first-order valence-electron chi connectivity index (χ1n) is 5.24. The Morgan fingerprint density at radius 3 is 2.67 bits per heavy atom. The van der Waals surface area contributed by atoms with Crippen molar-refractivity contribution in [2.75, 3.05) is 0 Å². The number of rotatable bonds is 1. The molecule has 3 aromatic rings. The van der Waals surface area contributed by atoms with Gasteiger partial charge in [-0.05, 0) is 18.2 Å². The number of aromatic nitrogens is 2. The van der Waals surface area contributed by atoms with E-state index in [1.165, 1.54) is 6.07 Å². The van der Waals surface area contributed by atoms with Crippen molar-refractivity contribution in [1.29, 1.82) is 0 Å². The lowest BCUT2D eigenvalue weighted by Crippen LogP contribution is -1.83. The Morgan fingerprint density at radius 1 is 1.11 bits per heavy atom. The van der Waals surface area contributed by atoms with E-state index in [1.54, 1.807) is 41.1 Å². The average Bonchev–Trinajstić information content (AvgIpc) is 2.73. The highest BCUT2D eigenvalue weighted by molar-refractivity contribution is 6.36. The summed E-state index contributed by atoms with van der Waals surface area (Å²) in [5.41, 5.74) is 1.52. The molecule has 90 valence electrons. The maximum atomic E-state index is 13.7. The fourth-order valence-corrected chi connectivity index (χ4v) is 2.35. The highest BCUT2D eigenvalue weighted by Crippen LogP contribution is 2.27. The van der Waals surface area contributed by atoms with Crippen LogP contribution in [0.1, 0.15) is 0 Å². The lowest BCUT2D eigenvalue weighted by Gasteiger charge is -1.96. The van der Waals surface area contributed by atoms with Gasteiger partial charge in [0.2, 0.25) is 0 Å². The second kappa shape index (κ2) is 4.26. The van der Waals surface area contributed by atoms with Crippen LogP contribution in [0.5, 0.6) is 0 Å². The van der Waals surface area contributed by atoms with Crippen LogP contribution in [0, 0.1) is 5.82 Å². The zero-order chi connectivity index (χ0) is 12.7. The quantitative estimate of drug-likeness (QED) is 0.644. The van der Waals surface area contributed by atoms with Gasteiger partial charge in [-0.3, -0.25) is 0 Å². The molecule has 0 fully saturated rings. The van der Waals surface area contributed by atoms with Crippen molar-refractivity contribution in [3.05, 3.63) is 58.6 Å². The minimum absolute atomic E-state index is 0.317. The number of fused-ring (bicyclic) bond motifs is 1. The zero-order valence-corrected chi connectivity index (χ0v) is 10.6. The van der Waals surface area contributed by atoms with E-state index in [2.05, 4.69) is 4.98 Å². The Kier molecular flexibility index (Phi) is 2.73. The number of benzene rings is 1. The lowest BCUT2D eigenvalue weighted by molar-refractivity contribution is 0.631. The van der Waals surface area contributed by atoms with Gasteiger partial charge in [-0.1, -0.05) is 35.3 Å². The molecule has 0 bridgehead atoms. The fourth-order valence-electron chi connectivity index (χ4n) is 1.82. The maximum absolute atomic E-state index is 13.7. The monoisotopic (exact) mass is 280 g/mol. The second-order valence-electron chi connectivity index (χ2n) is 3.84. The van der Waals surface area contributed by atoms with E-state index in [0.717, 1.165) is 0 Å². The molecule has 0 aliphatic carbocycles. The van der Waals surface area contributed by atoms with E-state index in [0.29, 0.717) is 26.9 Å². The summed E-state index contributed by atoms with van der Waals surface area (Å²) in [7, 11) is 0. The van der Waals surface area contributed by atoms with Gasteiger partial charge in [0.25, 0.3) is 0 Å². The van der Waals surface area contributed by atoms with Crippen LogP contribution >= 0.6 is 23.2 Å². The van der Waals surface area contributed by atoms with Crippen molar-refractivity contribution >= 4 is 28.8 Å². The molecule has 0 aliphatic rings. The fraction of sp³-hybridized carbons (Fsp3) is 0. The van der Waals surface area contributed by atoms with E-state index in [1.807, 2.05) is 0 Å². The summed E-state index contributed by atoms with van der Waals surface area (Å²) in [6, 6.07) is 8.08. The third-order valence-electron chi connectivity index (χ3n) is 2.62. The summed E-state index contributed by atoms with van der Waals surface area (Å²) in [5, 5.41) is 0.940. The third kappa shape index (κ3) is 1.85. The van der Waals surface area contributed by atoms with Crippen LogP contribution < -0.4 is 0 Å². The Hall–Kier alpha value is -1.58. The van der Waals surface area contributed by atoms with Crippen molar-refractivity contribution in [2.45, 2.75) is 0 Å². The van der Waals surface area contributed by atoms with Gasteiger partial charge in [-0.25, -0.2) is 9.37 Å². The molecule has 18 heavy (non-hydrogen) atoms. The van der Waals surface area contributed by atoms with E-state index < -0.39 is 0 Å². The first-order chi connectivity index (χ1) is 8.65. The molecule has 0 aliphatic heterocycles. The summed E-state index contributed by atoms with van der Waals surface area (Å²) in [6.45, 7) is 0. The number of halogens is 3. The van der Waals surface area contributed by atoms with Gasteiger partial charge in [0.05, 0.1) is 15.7 Å². The Bertz CT molecular complexity index is 737. The molecule has 2 nitrogen and oxygen atoms in total. The summed E-state index contributed by atoms with van der Waals surface area (Å²) in [6.07, 6.45) is 3.38. The van der Waals surface area contributed by atoms with Gasteiger partial charge in [-0.15, -0.1) is 0 Å². The Morgan fingerprint density at radius 2 is 1.89 bits per heavy atom. The van der Waals surface area contributed by atoms with Gasteiger partial charge in [0.15, 0.2) is 5.65 Å². The van der Waals surface area contributed by atoms with Crippen LogP contribution in [-0.4, -0.2) is 9.38 Å². The smallest absolute Gasteiger partial charge is 0.156 e. The van der Waals surface area contributed by atoms with Crippen LogP contribution in [-0.2, 0) is 0 Å². The summed E-state index contributed by atoms with van der Waals surface area (Å²) >= 11 is 11.9. The minimum Gasteiger partial charge on any atom is -0.304 e. The van der Waals surface area contributed by atoms with Gasteiger partial charge in [-0.2, -0.15) is 0 Å². The lowest BCUT2D eigenvalue weighted by atomic mass is 10.1. The van der Waals surface area contributed by atoms with E-state index in [9.17, 15) is 4.39 Å². The van der Waals surface area contributed by atoms with Crippen molar-refractivity contribution in [3.63, 3.8) is 0 Å². The highest BCUT2D eigenvalue weighted by atomic mass is 35.5. The SMILES string of the molecule is Fc1ccccc1-c1cn2cc(Cl)cc(Cl)c2n1. The average molecular weight is 281 g/mol. The largest absolute Gasteiger partial charge is 0.304 e. The summed E-state index contributed by atoms with van der Waals surface area (Å²) in [4.78, 5) is 4.32. The minimum atomic E-state index is -0.317. The number of pyridine rings is 1. The molecular weight excluding hydrogens is 274 g/mol. The van der Waals surface area contributed by atoms with Gasteiger partial charge in [0.1, 0.15) is 5.82 Å². The first-order valence-corrected chi connectivity index (χ1v) is 5.99. The normalized spacial score (nSPS) is 11.1. The highest BCUT2D eigenvalue weighted by Gasteiger charge is 2.11. The molecule has 1 aromatic carbocycles. The van der Waals surface area contributed by atoms with Crippen LogP contribution in [0.15, 0.2) is 42.7 Å². The number of hydrogen-bond acceptors (Lipinski definition) is 1. The predicted octanol–water partition coefficient (Wildman–Crippen LogP) is 4.45. The number of imidazole rings is 1. The van der Waals surface area contributed by atoms with Crippen LogP contribution in [0.4, 0.5) is 4.39 Å². The third-order valence-corrected chi connectivity index (χ3v) is 3.11. The van der Waals surface area contributed by atoms with Gasteiger partial charge in [0, 0.05) is 18.0 Å². The molecule has 0 saturated heterocycles. The molecule has 0 unspecified atom stereocenters. The molecule has 0 saturated carbocycles. The van der Waals surface area contributed by atoms with Crippen molar-refractivity contribution in [3.8, 4) is 11.3 Å². The standard InChI is InChI=1S/C13H7Cl2FN2/c14-8-5-10(15)13-17-12(7-18(13)6-8)9-3-1-2-4-11(9)16/h1-7H. The van der Waals surface area contributed by atoms with Gasteiger partial charge >= 0.3 is 0 Å². The Labute approximate surface area is 113 Å². The van der Waals surface area contributed by atoms with E-state index in [4.69, 9.17) is 23.2 Å².